The lowest BCUT2D eigenvalue weighted by molar-refractivity contribution is 0.103. The molecular weight excluding hydrogens is 196 g/mol. The van der Waals surface area contributed by atoms with Crippen LogP contribution >= 0.6 is 11.3 Å². The molecule has 1 unspecified atom stereocenters. The van der Waals surface area contributed by atoms with Crippen LogP contribution in [0.4, 0.5) is 5.13 Å². The second kappa shape index (κ2) is 4.75. The minimum atomic E-state index is 0.514. The van der Waals surface area contributed by atoms with Crippen LogP contribution in [0.5, 0.6) is 0 Å². The van der Waals surface area contributed by atoms with E-state index in [0.717, 1.165) is 13.0 Å². The van der Waals surface area contributed by atoms with E-state index in [4.69, 9.17) is 10.5 Å². The van der Waals surface area contributed by atoms with E-state index >= 15 is 0 Å². The molecule has 1 saturated heterocycles. The van der Waals surface area contributed by atoms with Crippen LogP contribution in [-0.4, -0.2) is 17.7 Å². The number of aryl methyl sites for hydroxylation is 1. The smallest absolute Gasteiger partial charge is 0.180 e. The van der Waals surface area contributed by atoms with Crippen molar-refractivity contribution in [2.24, 2.45) is 0 Å². The standard InChI is InChI=1S/C10H16N2OS/c11-10-12-7-9(14-10)5-1-3-8-4-2-6-13-8/h7-8H,1-6H2,(H2,11,12). The lowest BCUT2D eigenvalue weighted by Gasteiger charge is -2.07. The largest absolute Gasteiger partial charge is 0.378 e. The SMILES string of the molecule is Nc1ncc(CCCC2CCCO2)s1. The fourth-order valence-corrected chi connectivity index (χ4v) is 2.54. The maximum Gasteiger partial charge on any atom is 0.180 e. The Balaban J connectivity index is 1.67. The summed E-state index contributed by atoms with van der Waals surface area (Å²) in [5.41, 5.74) is 5.56. The zero-order valence-corrected chi connectivity index (χ0v) is 9.05. The van der Waals surface area contributed by atoms with Crippen LogP contribution in [0.3, 0.4) is 0 Å². The number of nitrogens with zero attached hydrogens (tertiary/aromatic N) is 1. The van der Waals surface area contributed by atoms with E-state index < -0.39 is 0 Å². The van der Waals surface area contributed by atoms with E-state index in [1.807, 2.05) is 6.20 Å². The number of anilines is 1. The molecule has 1 aliphatic heterocycles. The molecule has 1 aliphatic rings. The number of hydrogen-bond donors (Lipinski definition) is 1. The van der Waals surface area contributed by atoms with E-state index in [0.29, 0.717) is 11.2 Å². The topological polar surface area (TPSA) is 48.1 Å². The van der Waals surface area contributed by atoms with E-state index in [-0.39, 0.29) is 0 Å². The molecule has 1 aromatic heterocycles. The van der Waals surface area contributed by atoms with Crippen LogP contribution < -0.4 is 5.73 Å². The van der Waals surface area contributed by atoms with Gasteiger partial charge in [-0.25, -0.2) is 4.98 Å². The molecule has 78 valence electrons. The second-order valence-electron chi connectivity index (χ2n) is 3.69. The molecule has 2 rings (SSSR count). The molecule has 2 heterocycles. The second-order valence-corrected chi connectivity index (χ2v) is 4.84. The van der Waals surface area contributed by atoms with E-state index in [9.17, 15) is 0 Å². The summed E-state index contributed by atoms with van der Waals surface area (Å²) in [6, 6.07) is 0. The van der Waals surface area contributed by atoms with Crippen molar-refractivity contribution in [3.63, 3.8) is 0 Å². The van der Waals surface area contributed by atoms with Gasteiger partial charge in [0.2, 0.25) is 0 Å². The van der Waals surface area contributed by atoms with E-state index in [2.05, 4.69) is 4.98 Å². The van der Waals surface area contributed by atoms with Gasteiger partial charge >= 0.3 is 0 Å². The molecule has 0 radical (unpaired) electrons. The maximum absolute atomic E-state index is 5.56. The molecule has 0 spiro atoms. The zero-order chi connectivity index (χ0) is 9.80. The molecule has 1 atom stereocenters. The van der Waals surface area contributed by atoms with Gasteiger partial charge in [-0.05, 0) is 32.1 Å². The number of rotatable bonds is 4. The van der Waals surface area contributed by atoms with Gasteiger partial charge in [0.05, 0.1) is 6.10 Å². The summed E-state index contributed by atoms with van der Waals surface area (Å²) in [5, 5.41) is 0.678. The van der Waals surface area contributed by atoms with Crippen LogP contribution in [0.2, 0.25) is 0 Å². The first kappa shape index (κ1) is 9.93. The average Bonchev–Trinajstić information content (AvgIpc) is 2.77. The van der Waals surface area contributed by atoms with Gasteiger partial charge in [-0.1, -0.05) is 0 Å². The van der Waals surface area contributed by atoms with E-state index in [1.54, 1.807) is 11.3 Å². The van der Waals surface area contributed by atoms with Gasteiger partial charge in [0.1, 0.15) is 0 Å². The van der Waals surface area contributed by atoms with Crippen molar-refractivity contribution in [1.82, 2.24) is 4.98 Å². The van der Waals surface area contributed by atoms with Crippen LogP contribution in [-0.2, 0) is 11.2 Å². The summed E-state index contributed by atoms with van der Waals surface area (Å²) in [4.78, 5) is 5.32. The van der Waals surface area contributed by atoms with E-state index in [1.165, 1.54) is 30.6 Å². The van der Waals surface area contributed by atoms with Crippen molar-refractivity contribution in [2.75, 3.05) is 12.3 Å². The Bertz CT molecular complexity index is 281. The van der Waals surface area contributed by atoms with Gasteiger partial charge in [-0.15, -0.1) is 11.3 Å². The zero-order valence-electron chi connectivity index (χ0n) is 8.24. The number of thiazole rings is 1. The first-order chi connectivity index (χ1) is 6.84. The third kappa shape index (κ3) is 2.69. The predicted octanol–water partition coefficient (Wildman–Crippen LogP) is 2.23. The number of aromatic nitrogens is 1. The Hall–Kier alpha value is -0.610. The fraction of sp³-hybridized carbons (Fsp3) is 0.700. The van der Waals surface area contributed by atoms with Crippen molar-refractivity contribution in [2.45, 2.75) is 38.2 Å². The molecule has 0 saturated carbocycles. The Morgan fingerprint density at radius 2 is 2.57 bits per heavy atom. The minimum Gasteiger partial charge on any atom is -0.378 e. The molecule has 2 N–H and O–H groups in total. The third-order valence-corrected chi connectivity index (χ3v) is 3.43. The van der Waals surface area contributed by atoms with Gasteiger partial charge in [0.25, 0.3) is 0 Å². The van der Waals surface area contributed by atoms with Gasteiger partial charge in [-0.2, -0.15) is 0 Å². The molecule has 0 amide bonds. The van der Waals surface area contributed by atoms with Crippen LogP contribution in [0.15, 0.2) is 6.20 Å². The van der Waals surface area contributed by atoms with Crippen molar-refractivity contribution in [1.29, 1.82) is 0 Å². The van der Waals surface area contributed by atoms with Gasteiger partial charge < -0.3 is 10.5 Å². The fourth-order valence-electron chi connectivity index (χ4n) is 1.81. The highest BCUT2D eigenvalue weighted by molar-refractivity contribution is 7.15. The lowest BCUT2D eigenvalue weighted by Crippen LogP contribution is -2.04. The Morgan fingerprint density at radius 1 is 1.64 bits per heavy atom. The first-order valence-corrected chi connectivity index (χ1v) is 5.98. The van der Waals surface area contributed by atoms with Crippen molar-refractivity contribution in [3.8, 4) is 0 Å². The normalized spacial score (nSPS) is 21.6. The Kier molecular flexibility index (Phi) is 3.37. The molecule has 1 fully saturated rings. The summed E-state index contributed by atoms with van der Waals surface area (Å²) in [6.07, 6.45) is 8.33. The molecular formula is C10H16N2OS. The molecule has 4 heteroatoms. The van der Waals surface area contributed by atoms with Gasteiger partial charge in [0.15, 0.2) is 5.13 Å². The van der Waals surface area contributed by atoms with Crippen molar-refractivity contribution < 1.29 is 4.74 Å². The molecule has 1 aromatic rings. The highest BCUT2D eigenvalue weighted by atomic mass is 32.1. The third-order valence-electron chi connectivity index (χ3n) is 2.54. The highest BCUT2D eigenvalue weighted by Crippen LogP contribution is 2.20. The molecule has 0 aromatic carbocycles. The highest BCUT2D eigenvalue weighted by Gasteiger charge is 2.14. The molecule has 14 heavy (non-hydrogen) atoms. The lowest BCUT2D eigenvalue weighted by atomic mass is 10.1. The predicted molar refractivity (Wildman–Crippen MR) is 58.4 cm³/mol. The summed E-state index contributed by atoms with van der Waals surface area (Å²) >= 11 is 1.60. The minimum absolute atomic E-state index is 0.514. The monoisotopic (exact) mass is 212 g/mol. The average molecular weight is 212 g/mol. The van der Waals surface area contributed by atoms with Crippen LogP contribution in [0.1, 0.15) is 30.6 Å². The number of nitrogen functional groups attached to an aromatic ring is 1. The molecule has 0 bridgehead atoms. The van der Waals surface area contributed by atoms with Gasteiger partial charge in [0, 0.05) is 17.7 Å². The van der Waals surface area contributed by atoms with Gasteiger partial charge in [-0.3, -0.25) is 0 Å². The maximum atomic E-state index is 5.56. The number of hydrogen-bond acceptors (Lipinski definition) is 4. The molecule has 0 aliphatic carbocycles. The molecule has 3 nitrogen and oxygen atoms in total. The number of nitrogens with two attached hydrogens (primary N) is 1. The van der Waals surface area contributed by atoms with Crippen LogP contribution in [0, 0.1) is 0 Å². The number of ether oxygens (including phenoxy) is 1. The Morgan fingerprint density at radius 3 is 3.21 bits per heavy atom. The van der Waals surface area contributed by atoms with Crippen molar-refractivity contribution in [3.05, 3.63) is 11.1 Å². The summed E-state index contributed by atoms with van der Waals surface area (Å²) in [7, 11) is 0. The van der Waals surface area contributed by atoms with Crippen LogP contribution in [0.25, 0.3) is 0 Å². The quantitative estimate of drug-likeness (QED) is 0.832. The van der Waals surface area contributed by atoms with Crippen molar-refractivity contribution >= 4 is 16.5 Å². The first-order valence-electron chi connectivity index (χ1n) is 5.16. The summed E-state index contributed by atoms with van der Waals surface area (Å²) in [5.74, 6) is 0. The Labute approximate surface area is 88.3 Å². The summed E-state index contributed by atoms with van der Waals surface area (Å²) < 4.78 is 5.56. The summed E-state index contributed by atoms with van der Waals surface area (Å²) in [6.45, 7) is 0.957.